The molecule has 146 valence electrons. The highest BCUT2D eigenvalue weighted by molar-refractivity contribution is 6.30. The van der Waals surface area contributed by atoms with Gasteiger partial charge in [-0.05, 0) is 35.2 Å². The number of amides is 1. The molecule has 1 amide bonds. The van der Waals surface area contributed by atoms with Crippen molar-refractivity contribution in [2.24, 2.45) is 0 Å². The van der Waals surface area contributed by atoms with E-state index >= 15 is 0 Å². The topological polar surface area (TPSA) is 37.6 Å². The Morgan fingerprint density at radius 2 is 1.69 bits per heavy atom. The minimum absolute atomic E-state index is 0.0660. The first kappa shape index (κ1) is 19.2. The van der Waals surface area contributed by atoms with Gasteiger partial charge >= 0.3 is 0 Å². The van der Waals surface area contributed by atoms with Crippen molar-refractivity contribution in [3.63, 3.8) is 0 Å². The van der Waals surface area contributed by atoms with Gasteiger partial charge in [-0.15, -0.1) is 0 Å². The predicted molar refractivity (Wildman–Crippen MR) is 117 cm³/mol. The van der Waals surface area contributed by atoms with Crippen LogP contribution in [0.1, 0.15) is 28.7 Å². The van der Waals surface area contributed by atoms with Crippen LogP contribution in [-0.2, 0) is 13.0 Å². The number of hydrogen-bond acceptors (Lipinski definition) is 2. The molecule has 0 spiro atoms. The van der Waals surface area contributed by atoms with Gasteiger partial charge in [-0.1, -0.05) is 73.1 Å². The summed E-state index contributed by atoms with van der Waals surface area (Å²) >= 11 is 6.15. The number of pyridine rings is 1. The monoisotopic (exact) mass is 403 g/mol. The molecule has 0 N–H and O–H groups in total. The summed E-state index contributed by atoms with van der Waals surface area (Å²) in [5.41, 5.74) is 5.50. The third-order valence-corrected chi connectivity index (χ3v) is 5.24. The second kappa shape index (κ2) is 8.10. The summed E-state index contributed by atoms with van der Waals surface area (Å²) < 4.78 is 1.79. The van der Waals surface area contributed by atoms with Crippen LogP contribution in [0.25, 0.3) is 16.8 Å². The Balaban J connectivity index is 1.57. The standard InChI is InChI=1S/C24H22ClN3O/c1-3-21-23(28-16-20(25)13-14-22(28)26-21)24(29)27(2)15-17-9-11-19(12-10-17)18-7-5-4-6-8-18/h4-14,16H,3,15H2,1-2H3. The van der Waals surface area contributed by atoms with Crippen molar-refractivity contribution in [1.82, 2.24) is 14.3 Å². The molecule has 0 aliphatic rings. The molecule has 0 unspecified atom stereocenters. The van der Waals surface area contributed by atoms with E-state index in [-0.39, 0.29) is 5.91 Å². The first-order chi connectivity index (χ1) is 14.1. The van der Waals surface area contributed by atoms with Crippen molar-refractivity contribution in [1.29, 1.82) is 0 Å². The smallest absolute Gasteiger partial charge is 0.272 e. The van der Waals surface area contributed by atoms with Crippen LogP contribution in [0.2, 0.25) is 5.02 Å². The SMILES string of the molecule is CCc1nc2ccc(Cl)cn2c1C(=O)N(C)Cc1ccc(-c2ccccc2)cc1. The maximum Gasteiger partial charge on any atom is 0.272 e. The van der Waals surface area contributed by atoms with Gasteiger partial charge in [0.1, 0.15) is 11.3 Å². The van der Waals surface area contributed by atoms with Crippen molar-refractivity contribution in [3.8, 4) is 11.1 Å². The zero-order valence-electron chi connectivity index (χ0n) is 16.5. The lowest BCUT2D eigenvalue weighted by Gasteiger charge is -2.18. The molecule has 0 bridgehead atoms. The Morgan fingerprint density at radius 1 is 1.00 bits per heavy atom. The predicted octanol–water partition coefficient (Wildman–Crippen LogP) is 5.49. The molecule has 0 fully saturated rings. The summed E-state index contributed by atoms with van der Waals surface area (Å²) in [6, 6.07) is 22.2. The highest BCUT2D eigenvalue weighted by atomic mass is 35.5. The average molecular weight is 404 g/mol. The van der Waals surface area contributed by atoms with Crippen LogP contribution in [0, 0.1) is 0 Å². The Morgan fingerprint density at radius 3 is 2.38 bits per heavy atom. The number of nitrogens with zero attached hydrogens (tertiary/aromatic N) is 3. The molecule has 29 heavy (non-hydrogen) atoms. The summed E-state index contributed by atoms with van der Waals surface area (Å²) in [5, 5.41) is 0.575. The van der Waals surface area contributed by atoms with E-state index in [1.807, 2.05) is 38.2 Å². The first-order valence-corrected chi connectivity index (χ1v) is 10.0. The molecule has 2 aromatic carbocycles. The first-order valence-electron chi connectivity index (χ1n) is 9.63. The number of aryl methyl sites for hydroxylation is 1. The van der Waals surface area contributed by atoms with Gasteiger partial charge in [0.25, 0.3) is 5.91 Å². The molecule has 0 saturated heterocycles. The maximum atomic E-state index is 13.2. The lowest BCUT2D eigenvalue weighted by molar-refractivity contribution is 0.0777. The molecule has 5 heteroatoms. The second-order valence-electron chi connectivity index (χ2n) is 7.06. The Kier molecular flexibility index (Phi) is 5.36. The molecule has 4 nitrogen and oxygen atoms in total. The number of fused-ring (bicyclic) bond motifs is 1. The fraction of sp³-hybridized carbons (Fsp3) is 0.167. The maximum absolute atomic E-state index is 13.2. The zero-order valence-corrected chi connectivity index (χ0v) is 17.2. The highest BCUT2D eigenvalue weighted by Gasteiger charge is 2.21. The number of benzene rings is 2. The largest absolute Gasteiger partial charge is 0.336 e. The number of imidazole rings is 1. The van der Waals surface area contributed by atoms with E-state index in [0.29, 0.717) is 23.7 Å². The molecule has 4 rings (SSSR count). The quantitative estimate of drug-likeness (QED) is 0.442. The summed E-state index contributed by atoms with van der Waals surface area (Å²) in [5.74, 6) is -0.0660. The van der Waals surface area contributed by atoms with E-state index in [1.54, 1.807) is 21.6 Å². The van der Waals surface area contributed by atoms with Crippen LogP contribution in [0.4, 0.5) is 0 Å². The summed E-state index contributed by atoms with van der Waals surface area (Å²) in [6.45, 7) is 2.52. The van der Waals surface area contributed by atoms with Crippen molar-refractivity contribution in [2.45, 2.75) is 19.9 Å². The van der Waals surface area contributed by atoms with Gasteiger partial charge in [0.05, 0.1) is 10.7 Å². The van der Waals surface area contributed by atoms with Crippen LogP contribution in [0.15, 0.2) is 72.9 Å². The van der Waals surface area contributed by atoms with Crippen LogP contribution >= 0.6 is 11.6 Å². The molecule has 0 radical (unpaired) electrons. The van der Waals surface area contributed by atoms with E-state index in [9.17, 15) is 4.79 Å². The van der Waals surface area contributed by atoms with Crippen LogP contribution in [0.5, 0.6) is 0 Å². The molecule has 2 aromatic heterocycles. The van der Waals surface area contributed by atoms with Gasteiger partial charge in [-0.25, -0.2) is 4.98 Å². The molecule has 4 aromatic rings. The fourth-order valence-corrected chi connectivity index (χ4v) is 3.66. The molecular weight excluding hydrogens is 382 g/mol. The van der Waals surface area contributed by atoms with E-state index < -0.39 is 0 Å². The third-order valence-electron chi connectivity index (χ3n) is 5.02. The lowest BCUT2D eigenvalue weighted by atomic mass is 10.0. The van der Waals surface area contributed by atoms with E-state index in [4.69, 9.17) is 11.6 Å². The van der Waals surface area contributed by atoms with Crippen molar-refractivity contribution >= 4 is 23.2 Å². The molecule has 2 heterocycles. The number of halogens is 1. The van der Waals surface area contributed by atoms with Crippen molar-refractivity contribution < 1.29 is 4.79 Å². The second-order valence-corrected chi connectivity index (χ2v) is 7.50. The zero-order chi connectivity index (χ0) is 20.4. The average Bonchev–Trinajstić information content (AvgIpc) is 3.12. The molecular formula is C24H22ClN3O. The molecule has 0 atom stereocenters. The summed E-state index contributed by atoms with van der Waals surface area (Å²) in [7, 11) is 1.82. The van der Waals surface area contributed by atoms with Gasteiger partial charge < -0.3 is 4.90 Å². The number of rotatable bonds is 5. The van der Waals surface area contributed by atoms with Gasteiger partial charge in [-0.3, -0.25) is 9.20 Å². The summed E-state index contributed by atoms with van der Waals surface area (Å²) in [4.78, 5) is 19.5. The number of hydrogen-bond donors (Lipinski definition) is 0. The normalized spacial score (nSPS) is 11.0. The Hall–Kier alpha value is -3.11. The van der Waals surface area contributed by atoms with Crippen LogP contribution in [0.3, 0.4) is 0 Å². The van der Waals surface area contributed by atoms with E-state index in [1.165, 1.54) is 5.56 Å². The highest BCUT2D eigenvalue weighted by Crippen LogP contribution is 2.22. The molecule has 0 aliphatic carbocycles. The van der Waals surface area contributed by atoms with Gasteiger partial charge in [0, 0.05) is 19.8 Å². The number of carbonyl (C=O) groups excluding carboxylic acids is 1. The minimum Gasteiger partial charge on any atom is -0.336 e. The van der Waals surface area contributed by atoms with Gasteiger partial charge in [0.15, 0.2) is 0 Å². The minimum atomic E-state index is -0.0660. The van der Waals surface area contributed by atoms with Crippen molar-refractivity contribution in [3.05, 3.63) is 94.9 Å². The fourth-order valence-electron chi connectivity index (χ4n) is 3.50. The third kappa shape index (κ3) is 3.89. The Bertz CT molecular complexity index is 1150. The van der Waals surface area contributed by atoms with E-state index in [2.05, 4.69) is 41.4 Å². The number of aromatic nitrogens is 2. The van der Waals surface area contributed by atoms with E-state index in [0.717, 1.165) is 22.5 Å². The number of carbonyl (C=O) groups is 1. The van der Waals surface area contributed by atoms with Crippen LogP contribution in [-0.4, -0.2) is 27.2 Å². The van der Waals surface area contributed by atoms with Crippen molar-refractivity contribution in [2.75, 3.05) is 7.05 Å². The van der Waals surface area contributed by atoms with Gasteiger partial charge in [0.2, 0.25) is 0 Å². The summed E-state index contributed by atoms with van der Waals surface area (Å²) in [6.07, 6.45) is 2.43. The van der Waals surface area contributed by atoms with Gasteiger partial charge in [-0.2, -0.15) is 0 Å². The van der Waals surface area contributed by atoms with Crippen LogP contribution < -0.4 is 0 Å². The molecule has 0 aliphatic heterocycles. The Labute approximate surface area is 175 Å². The lowest BCUT2D eigenvalue weighted by Crippen LogP contribution is -2.28. The molecule has 0 saturated carbocycles.